The van der Waals surface area contributed by atoms with Crippen molar-refractivity contribution < 1.29 is 24.5 Å². The summed E-state index contributed by atoms with van der Waals surface area (Å²) in [7, 11) is 0. The molecule has 3 rings (SSSR count). The Labute approximate surface area is 112 Å². The van der Waals surface area contributed by atoms with E-state index in [-0.39, 0.29) is 25.3 Å². The molecule has 8 heteroatoms. The third-order valence-corrected chi connectivity index (χ3v) is 3.34. The van der Waals surface area contributed by atoms with E-state index in [2.05, 4.69) is 4.98 Å². The molecule has 3 atom stereocenters. The highest BCUT2D eigenvalue weighted by molar-refractivity contribution is 5.72. The van der Waals surface area contributed by atoms with Gasteiger partial charge in [-0.15, -0.1) is 0 Å². The van der Waals surface area contributed by atoms with E-state index in [4.69, 9.17) is 19.4 Å². The molecule has 0 spiro atoms. The summed E-state index contributed by atoms with van der Waals surface area (Å²) in [6.07, 6.45) is -0.517. The molecule has 0 radical (unpaired) electrons. The van der Waals surface area contributed by atoms with E-state index in [1.54, 1.807) is 6.07 Å². The van der Waals surface area contributed by atoms with Crippen molar-refractivity contribution in [2.45, 2.75) is 31.5 Å². The molecule has 0 aliphatic carbocycles. The third kappa shape index (κ3) is 2.12. The number of fused-ring (bicyclic) bond motifs is 1. The van der Waals surface area contributed by atoms with Crippen LogP contribution in [0.3, 0.4) is 0 Å². The number of ether oxygens (including phenoxy) is 1. The molecular formula is C12H14N2O6. The Hall–Kier alpha value is -1.74. The average molecular weight is 282 g/mol. The van der Waals surface area contributed by atoms with Gasteiger partial charge in [-0.2, -0.15) is 4.98 Å². The molecule has 0 saturated carbocycles. The second kappa shape index (κ2) is 4.98. The summed E-state index contributed by atoms with van der Waals surface area (Å²) in [5.41, 5.74) is -0.431. The fraction of sp³-hybridized carbons (Fsp3) is 0.500. The second-order valence-corrected chi connectivity index (χ2v) is 4.68. The van der Waals surface area contributed by atoms with Gasteiger partial charge in [0, 0.05) is 12.6 Å². The summed E-state index contributed by atoms with van der Waals surface area (Å²) in [6.45, 7) is -0.599. The van der Waals surface area contributed by atoms with Crippen LogP contribution in [0.2, 0.25) is 0 Å². The number of aromatic nitrogens is 2. The minimum absolute atomic E-state index is 0.146. The Balaban J connectivity index is 1.99. The molecule has 108 valence electrons. The Morgan fingerprint density at radius 1 is 1.45 bits per heavy atom. The van der Waals surface area contributed by atoms with Crippen molar-refractivity contribution in [3.8, 4) is 0 Å². The summed E-state index contributed by atoms with van der Waals surface area (Å²) < 4.78 is 11.8. The van der Waals surface area contributed by atoms with Gasteiger partial charge in [0.1, 0.15) is 24.7 Å². The maximum atomic E-state index is 11.9. The monoisotopic (exact) mass is 282 g/mol. The molecule has 2 aromatic heterocycles. The molecule has 3 N–H and O–H groups in total. The predicted molar refractivity (Wildman–Crippen MR) is 65.8 cm³/mol. The highest BCUT2D eigenvalue weighted by atomic mass is 16.5. The number of hydrogen-bond donors (Lipinski definition) is 3. The molecule has 1 aliphatic rings. The first-order valence-corrected chi connectivity index (χ1v) is 6.19. The molecule has 20 heavy (non-hydrogen) atoms. The normalized spacial score (nSPS) is 26.4. The van der Waals surface area contributed by atoms with Crippen LogP contribution in [0.15, 0.2) is 21.5 Å². The highest BCUT2D eigenvalue weighted by Gasteiger charge is 2.35. The van der Waals surface area contributed by atoms with E-state index < -0.39 is 24.1 Å². The van der Waals surface area contributed by atoms with Gasteiger partial charge in [0.05, 0.1) is 18.1 Å². The number of aliphatic hydroxyl groups excluding tert-OH is 3. The average Bonchev–Trinajstić information content (AvgIpc) is 3.00. The Kier molecular flexibility index (Phi) is 3.30. The van der Waals surface area contributed by atoms with Crippen LogP contribution in [0.4, 0.5) is 0 Å². The van der Waals surface area contributed by atoms with Crippen molar-refractivity contribution >= 4 is 11.1 Å². The van der Waals surface area contributed by atoms with Crippen LogP contribution >= 0.6 is 0 Å². The van der Waals surface area contributed by atoms with Crippen LogP contribution in [0.5, 0.6) is 0 Å². The molecule has 1 saturated heterocycles. The van der Waals surface area contributed by atoms with Gasteiger partial charge in [0.2, 0.25) is 5.71 Å². The molecule has 2 aromatic rings. The van der Waals surface area contributed by atoms with Gasteiger partial charge in [-0.05, 0) is 6.07 Å². The highest BCUT2D eigenvalue weighted by Crippen LogP contribution is 2.28. The van der Waals surface area contributed by atoms with Crippen LogP contribution in [-0.2, 0) is 11.3 Å². The van der Waals surface area contributed by atoms with Gasteiger partial charge in [0.15, 0.2) is 0 Å². The third-order valence-electron chi connectivity index (χ3n) is 3.34. The topological polar surface area (TPSA) is 118 Å². The second-order valence-electron chi connectivity index (χ2n) is 4.68. The van der Waals surface area contributed by atoms with Crippen LogP contribution in [0.25, 0.3) is 11.1 Å². The van der Waals surface area contributed by atoms with Gasteiger partial charge in [-0.25, -0.2) is 4.79 Å². The number of hydrogen-bond acceptors (Lipinski definition) is 7. The summed E-state index contributed by atoms with van der Waals surface area (Å²) >= 11 is 0. The van der Waals surface area contributed by atoms with Crippen molar-refractivity contribution in [1.82, 2.24) is 9.55 Å². The van der Waals surface area contributed by atoms with Crippen LogP contribution in [-0.4, -0.2) is 43.7 Å². The zero-order valence-electron chi connectivity index (χ0n) is 10.5. The summed E-state index contributed by atoms with van der Waals surface area (Å²) in [6, 6.07) is 1.58. The van der Waals surface area contributed by atoms with Crippen molar-refractivity contribution in [2.24, 2.45) is 0 Å². The molecule has 0 bridgehead atoms. The first-order chi connectivity index (χ1) is 9.62. The van der Waals surface area contributed by atoms with Gasteiger partial charge < -0.3 is 24.5 Å². The SMILES string of the molecule is O=c1nc2oc(CO)cc2cn1[C@H]1C[C@@H](O)[C@@H](CO)O1. The quantitative estimate of drug-likeness (QED) is 0.669. The lowest BCUT2D eigenvalue weighted by molar-refractivity contribution is -0.0457. The van der Waals surface area contributed by atoms with Gasteiger partial charge in [-0.1, -0.05) is 0 Å². The maximum absolute atomic E-state index is 11.9. The van der Waals surface area contributed by atoms with E-state index in [1.807, 2.05) is 0 Å². The lowest BCUT2D eigenvalue weighted by Crippen LogP contribution is -2.27. The van der Waals surface area contributed by atoms with Gasteiger partial charge >= 0.3 is 5.69 Å². The van der Waals surface area contributed by atoms with Crippen LogP contribution < -0.4 is 5.69 Å². The molecule has 1 aliphatic heterocycles. The number of furan rings is 1. The first kappa shape index (κ1) is 13.3. The molecule has 8 nitrogen and oxygen atoms in total. The van der Waals surface area contributed by atoms with Crippen molar-refractivity contribution in [3.05, 3.63) is 28.5 Å². The van der Waals surface area contributed by atoms with Gasteiger partial charge in [-0.3, -0.25) is 4.57 Å². The fourth-order valence-corrected chi connectivity index (χ4v) is 2.31. The predicted octanol–water partition coefficient (Wildman–Crippen LogP) is -0.878. The maximum Gasteiger partial charge on any atom is 0.353 e. The standard InChI is InChI=1S/C12H14N2O6/c15-4-7-1-6-3-14(12(18)13-11(6)19-7)10-2-8(17)9(5-16)20-10/h1,3,8-10,15-17H,2,4-5H2/t8-,9-,10-/m1/s1. The van der Waals surface area contributed by atoms with E-state index in [0.717, 1.165) is 0 Å². The van der Waals surface area contributed by atoms with E-state index in [0.29, 0.717) is 11.1 Å². The molecular weight excluding hydrogens is 268 g/mol. The van der Waals surface area contributed by atoms with Crippen molar-refractivity contribution in [1.29, 1.82) is 0 Å². The van der Waals surface area contributed by atoms with E-state index in [9.17, 15) is 9.90 Å². The zero-order chi connectivity index (χ0) is 14.3. The molecule has 0 amide bonds. The molecule has 3 heterocycles. The lowest BCUT2D eigenvalue weighted by atomic mass is 10.2. The summed E-state index contributed by atoms with van der Waals surface area (Å²) in [5.74, 6) is 0.310. The van der Waals surface area contributed by atoms with Crippen LogP contribution in [0, 0.1) is 0 Å². The van der Waals surface area contributed by atoms with Crippen LogP contribution in [0.1, 0.15) is 18.4 Å². The molecule has 0 unspecified atom stereocenters. The summed E-state index contributed by atoms with van der Waals surface area (Å²) in [5, 5.41) is 28.3. The first-order valence-electron chi connectivity index (χ1n) is 6.19. The molecule has 0 aromatic carbocycles. The number of rotatable bonds is 3. The Bertz CT molecular complexity index is 678. The minimum atomic E-state index is -0.829. The van der Waals surface area contributed by atoms with E-state index >= 15 is 0 Å². The smallest absolute Gasteiger partial charge is 0.353 e. The fourth-order valence-electron chi connectivity index (χ4n) is 2.31. The Morgan fingerprint density at radius 2 is 2.25 bits per heavy atom. The minimum Gasteiger partial charge on any atom is -0.440 e. The largest absolute Gasteiger partial charge is 0.440 e. The van der Waals surface area contributed by atoms with E-state index in [1.165, 1.54) is 10.8 Å². The van der Waals surface area contributed by atoms with Crippen molar-refractivity contribution in [2.75, 3.05) is 6.61 Å². The number of aliphatic hydroxyl groups is 3. The van der Waals surface area contributed by atoms with Gasteiger partial charge in [0.25, 0.3) is 0 Å². The molecule has 1 fully saturated rings. The summed E-state index contributed by atoms with van der Waals surface area (Å²) in [4.78, 5) is 15.7. The zero-order valence-corrected chi connectivity index (χ0v) is 10.5. The lowest BCUT2D eigenvalue weighted by Gasteiger charge is -2.13. The van der Waals surface area contributed by atoms with Crippen molar-refractivity contribution in [3.63, 3.8) is 0 Å². The Morgan fingerprint density at radius 3 is 2.90 bits per heavy atom. The number of nitrogens with zero attached hydrogens (tertiary/aromatic N) is 2.